The molecule has 2 heterocycles. The third-order valence-corrected chi connectivity index (χ3v) is 4.21. The maximum absolute atomic E-state index is 12.5. The van der Waals surface area contributed by atoms with Gasteiger partial charge in [0.1, 0.15) is 12.3 Å². The highest BCUT2D eigenvalue weighted by molar-refractivity contribution is 6.05. The van der Waals surface area contributed by atoms with Crippen LogP contribution in [-0.4, -0.2) is 34.9 Å². The Labute approximate surface area is 127 Å². The summed E-state index contributed by atoms with van der Waals surface area (Å²) in [5, 5.41) is 2.28. The summed E-state index contributed by atoms with van der Waals surface area (Å²) in [6.45, 7) is 0.357. The van der Waals surface area contributed by atoms with Crippen molar-refractivity contribution in [3.63, 3.8) is 0 Å². The van der Waals surface area contributed by atoms with E-state index in [4.69, 9.17) is 0 Å². The van der Waals surface area contributed by atoms with Crippen molar-refractivity contribution in [1.29, 1.82) is 0 Å². The van der Waals surface area contributed by atoms with Gasteiger partial charge in [0.2, 0.25) is 11.8 Å². The molecule has 1 N–H and O–H groups in total. The van der Waals surface area contributed by atoms with Gasteiger partial charge in [-0.1, -0.05) is 12.1 Å². The molecule has 0 aliphatic carbocycles. The lowest BCUT2D eigenvalue weighted by atomic mass is 10.00. The lowest BCUT2D eigenvalue weighted by molar-refractivity contribution is -0.136. The number of hydrogen-bond donors (Lipinski definition) is 1. The molecule has 0 saturated carbocycles. The fourth-order valence-corrected chi connectivity index (χ4v) is 3.10. The molecule has 1 aromatic carbocycles. The largest absolute Gasteiger partial charge is 0.322 e. The fraction of sp³-hybridized carbons (Fsp3) is 0.375. The van der Waals surface area contributed by atoms with Crippen molar-refractivity contribution in [1.82, 2.24) is 10.2 Å². The van der Waals surface area contributed by atoms with Crippen LogP contribution in [0.15, 0.2) is 18.2 Å². The van der Waals surface area contributed by atoms with E-state index in [-0.39, 0.29) is 18.2 Å². The van der Waals surface area contributed by atoms with Gasteiger partial charge >= 0.3 is 0 Å². The average molecular weight is 300 g/mol. The van der Waals surface area contributed by atoms with E-state index in [1.54, 1.807) is 12.1 Å². The molecule has 0 aromatic heterocycles. The van der Waals surface area contributed by atoms with Gasteiger partial charge < -0.3 is 9.69 Å². The molecule has 0 bridgehead atoms. The molecule has 1 unspecified atom stereocenters. The van der Waals surface area contributed by atoms with Crippen molar-refractivity contribution in [2.75, 3.05) is 0 Å². The molecule has 1 saturated heterocycles. The van der Waals surface area contributed by atoms with Gasteiger partial charge in [0, 0.05) is 24.9 Å². The van der Waals surface area contributed by atoms with Crippen LogP contribution in [0.1, 0.15) is 40.7 Å². The van der Waals surface area contributed by atoms with Crippen molar-refractivity contribution in [3.8, 4) is 0 Å². The third-order valence-electron chi connectivity index (χ3n) is 4.21. The number of nitrogens with zero attached hydrogens (tertiary/aromatic N) is 1. The maximum Gasteiger partial charge on any atom is 0.255 e. The van der Waals surface area contributed by atoms with Crippen molar-refractivity contribution in [2.24, 2.45) is 0 Å². The second-order valence-corrected chi connectivity index (χ2v) is 5.55. The summed E-state index contributed by atoms with van der Waals surface area (Å²) < 4.78 is 0. The molecule has 2 aliphatic rings. The summed E-state index contributed by atoms with van der Waals surface area (Å²) in [6.07, 6.45) is 2.45. The zero-order chi connectivity index (χ0) is 15.7. The van der Waals surface area contributed by atoms with Gasteiger partial charge in [-0.15, -0.1) is 0 Å². The molecule has 3 amide bonds. The Morgan fingerprint density at radius 2 is 2.09 bits per heavy atom. The summed E-state index contributed by atoms with van der Waals surface area (Å²) in [5.74, 6) is -0.888. The van der Waals surface area contributed by atoms with Crippen LogP contribution in [0, 0.1) is 0 Å². The number of aryl methyl sites for hydroxylation is 1. The maximum atomic E-state index is 12.5. The van der Waals surface area contributed by atoms with Crippen molar-refractivity contribution in [2.45, 2.75) is 38.3 Å². The number of fused-ring (bicyclic) bond motifs is 1. The molecule has 114 valence electrons. The summed E-state index contributed by atoms with van der Waals surface area (Å²) in [6, 6.07) is 4.85. The van der Waals surface area contributed by atoms with Crippen LogP contribution in [0.2, 0.25) is 0 Å². The SMILES string of the molecule is O=CCCc1cccc2c1CN(C1CCC(=O)NC1=O)C2=O. The molecule has 22 heavy (non-hydrogen) atoms. The topological polar surface area (TPSA) is 83.6 Å². The standard InChI is InChI=1S/C16H16N2O4/c19-8-2-4-10-3-1-5-11-12(10)9-18(16(11)22)13-6-7-14(20)17-15(13)21/h1,3,5,8,13H,2,4,6-7,9H2,(H,17,20,21). The van der Waals surface area contributed by atoms with Gasteiger partial charge in [0.25, 0.3) is 5.91 Å². The lowest BCUT2D eigenvalue weighted by Gasteiger charge is -2.29. The molecule has 1 fully saturated rings. The van der Waals surface area contributed by atoms with Crippen LogP contribution < -0.4 is 5.32 Å². The second kappa shape index (κ2) is 5.71. The highest BCUT2D eigenvalue weighted by Gasteiger charge is 2.39. The minimum Gasteiger partial charge on any atom is -0.322 e. The fourth-order valence-electron chi connectivity index (χ4n) is 3.10. The lowest BCUT2D eigenvalue weighted by Crippen LogP contribution is -2.52. The zero-order valence-corrected chi connectivity index (χ0v) is 12.0. The van der Waals surface area contributed by atoms with Gasteiger partial charge in [0.05, 0.1) is 0 Å². The summed E-state index contributed by atoms with van der Waals surface area (Å²) in [4.78, 5) is 47.8. The zero-order valence-electron chi connectivity index (χ0n) is 12.0. The van der Waals surface area contributed by atoms with Gasteiger partial charge in [-0.2, -0.15) is 0 Å². The Morgan fingerprint density at radius 1 is 1.27 bits per heavy atom. The normalized spacial score (nSPS) is 20.8. The summed E-state index contributed by atoms with van der Waals surface area (Å²) in [7, 11) is 0. The minimum absolute atomic E-state index is 0.183. The Morgan fingerprint density at radius 3 is 2.82 bits per heavy atom. The van der Waals surface area contributed by atoms with E-state index >= 15 is 0 Å². The van der Waals surface area contributed by atoms with E-state index < -0.39 is 11.9 Å². The minimum atomic E-state index is -0.600. The predicted octanol–water partition coefficient (Wildman–Crippen LogP) is 0.579. The van der Waals surface area contributed by atoms with Crippen LogP contribution in [0.3, 0.4) is 0 Å². The van der Waals surface area contributed by atoms with E-state index in [0.717, 1.165) is 17.4 Å². The number of aldehydes is 1. The highest BCUT2D eigenvalue weighted by Crippen LogP contribution is 2.30. The smallest absolute Gasteiger partial charge is 0.255 e. The van der Waals surface area contributed by atoms with Gasteiger partial charge in [0.15, 0.2) is 0 Å². The van der Waals surface area contributed by atoms with Gasteiger partial charge in [-0.05, 0) is 30.0 Å². The Hall–Kier alpha value is -2.50. The quantitative estimate of drug-likeness (QED) is 0.651. The molecular formula is C16H16N2O4. The van der Waals surface area contributed by atoms with Crippen molar-refractivity contribution < 1.29 is 19.2 Å². The monoisotopic (exact) mass is 300 g/mol. The van der Waals surface area contributed by atoms with Crippen LogP contribution >= 0.6 is 0 Å². The second-order valence-electron chi connectivity index (χ2n) is 5.55. The number of benzene rings is 1. The molecule has 6 heteroatoms. The van der Waals surface area contributed by atoms with Crippen LogP contribution in [0.4, 0.5) is 0 Å². The first-order valence-electron chi connectivity index (χ1n) is 7.31. The first-order valence-corrected chi connectivity index (χ1v) is 7.31. The Bertz CT molecular complexity index is 668. The van der Waals surface area contributed by atoms with Gasteiger partial charge in [-0.25, -0.2) is 0 Å². The number of carbonyl (C=O) groups is 4. The number of piperidine rings is 1. The number of amides is 3. The van der Waals surface area contributed by atoms with Gasteiger partial charge in [-0.3, -0.25) is 19.7 Å². The number of nitrogens with one attached hydrogen (secondary N) is 1. The molecule has 1 atom stereocenters. The molecular weight excluding hydrogens is 284 g/mol. The molecule has 1 aromatic rings. The summed E-state index contributed by atoms with van der Waals surface area (Å²) in [5.41, 5.74) is 2.44. The van der Waals surface area contributed by atoms with E-state index in [9.17, 15) is 19.2 Å². The van der Waals surface area contributed by atoms with E-state index in [1.807, 2.05) is 6.07 Å². The van der Waals surface area contributed by atoms with Crippen LogP contribution in [0.25, 0.3) is 0 Å². The molecule has 6 nitrogen and oxygen atoms in total. The van der Waals surface area contributed by atoms with Crippen molar-refractivity contribution in [3.05, 3.63) is 34.9 Å². The van der Waals surface area contributed by atoms with E-state index in [0.29, 0.717) is 31.4 Å². The number of hydrogen-bond acceptors (Lipinski definition) is 4. The van der Waals surface area contributed by atoms with E-state index in [2.05, 4.69) is 5.32 Å². The number of carbonyl (C=O) groups excluding carboxylic acids is 4. The van der Waals surface area contributed by atoms with Crippen LogP contribution in [-0.2, 0) is 27.3 Å². The van der Waals surface area contributed by atoms with Crippen molar-refractivity contribution >= 4 is 24.0 Å². The summed E-state index contributed by atoms with van der Waals surface area (Å²) >= 11 is 0. The highest BCUT2D eigenvalue weighted by atomic mass is 16.2. The Kier molecular flexibility index (Phi) is 3.75. The van der Waals surface area contributed by atoms with E-state index in [1.165, 1.54) is 4.90 Å². The third kappa shape index (κ3) is 2.41. The average Bonchev–Trinajstić information content (AvgIpc) is 2.83. The van der Waals surface area contributed by atoms with Crippen LogP contribution in [0.5, 0.6) is 0 Å². The first-order chi connectivity index (χ1) is 10.6. The molecule has 0 spiro atoms. The number of imide groups is 1. The molecule has 0 radical (unpaired) electrons. The predicted molar refractivity (Wildman–Crippen MR) is 76.9 cm³/mol. The Balaban J connectivity index is 1.86. The first kappa shape index (κ1) is 14.4. The molecule has 3 rings (SSSR count). The number of rotatable bonds is 4. The molecule has 2 aliphatic heterocycles.